The Bertz CT molecular complexity index is 558. The van der Waals surface area contributed by atoms with E-state index in [2.05, 4.69) is 24.2 Å². The maximum atomic E-state index is 10.6. The molecule has 0 saturated heterocycles. The second-order valence-electron chi connectivity index (χ2n) is 4.82. The molecular formula is C15H20N2O. The van der Waals surface area contributed by atoms with Crippen molar-refractivity contribution in [2.75, 3.05) is 0 Å². The van der Waals surface area contributed by atoms with E-state index in [1.165, 1.54) is 0 Å². The summed E-state index contributed by atoms with van der Waals surface area (Å²) < 4.78 is 1.77. The molecule has 1 atom stereocenters. The van der Waals surface area contributed by atoms with Gasteiger partial charge in [0.05, 0.1) is 5.69 Å². The zero-order valence-electron chi connectivity index (χ0n) is 11.4. The predicted molar refractivity (Wildman–Crippen MR) is 72.6 cm³/mol. The Kier molecular flexibility index (Phi) is 3.53. The maximum Gasteiger partial charge on any atom is 0.108 e. The van der Waals surface area contributed by atoms with Crippen LogP contribution in [0.25, 0.3) is 0 Å². The molecule has 3 heteroatoms. The fourth-order valence-electron chi connectivity index (χ4n) is 2.28. The Hall–Kier alpha value is -1.61. The highest BCUT2D eigenvalue weighted by Gasteiger charge is 2.18. The molecule has 0 bridgehead atoms. The molecule has 3 nitrogen and oxygen atoms in total. The van der Waals surface area contributed by atoms with Crippen LogP contribution >= 0.6 is 0 Å². The molecule has 1 N–H and O–H groups in total. The molecule has 2 rings (SSSR count). The Morgan fingerprint density at radius 2 is 2.00 bits per heavy atom. The first-order valence-electron chi connectivity index (χ1n) is 6.30. The van der Waals surface area contributed by atoms with Gasteiger partial charge in [-0.2, -0.15) is 5.10 Å². The molecule has 1 heterocycles. The quantitative estimate of drug-likeness (QED) is 0.901. The van der Waals surface area contributed by atoms with Crippen LogP contribution in [-0.4, -0.2) is 14.9 Å². The van der Waals surface area contributed by atoms with Gasteiger partial charge in [-0.05, 0) is 31.4 Å². The second-order valence-corrected chi connectivity index (χ2v) is 4.82. The number of aliphatic hydroxyl groups excluding tert-OH is 1. The topological polar surface area (TPSA) is 38.0 Å². The van der Waals surface area contributed by atoms with Gasteiger partial charge in [0.1, 0.15) is 6.10 Å². The van der Waals surface area contributed by atoms with E-state index in [1.807, 2.05) is 33.2 Å². The Balaban J connectivity index is 2.46. The minimum Gasteiger partial charge on any atom is -0.384 e. The van der Waals surface area contributed by atoms with Gasteiger partial charge in [-0.1, -0.05) is 30.7 Å². The molecule has 96 valence electrons. The van der Waals surface area contributed by atoms with Gasteiger partial charge in [-0.25, -0.2) is 0 Å². The summed E-state index contributed by atoms with van der Waals surface area (Å²) in [4.78, 5) is 0. The van der Waals surface area contributed by atoms with E-state index in [0.29, 0.717) is 0 Å². The fourth-order valence-corrected chi connectivity index (χ4v) is 2.28. The van der Waals surface area contributed by atoms with E-state index >= 15 is 0 Å². The highest BCUT2D eigenvalue weighted by atomic mass is 16.3. The van der Waals surface area contributed by atoms with Crippen LogP contribution in [0.1, 0.15) is 41.0 Å². The van der Waals surface area contributed by atoms with E-state index in [4.69, 9.17) is 0 Å². The van der Waals surface area contributed by atoms with Crippen LogP contribution in [0.15, 0.2) is 24.4 Å². The highest BCUT2D eigenvalue weighted by molar-refractivity contribution is 5.38. The number of aliphatic hydroxyl groups is 1. The molecule has 0 aliphatic carbocycles. The third kappa shape index (κ3) is 2.31. The van der Waals surface area contributed by atoms with Crippen molar-refractivity contribution in [2.24, 2.45) is 7.05 Å². The van der Waals surface area contributed by atoms with Gasteiger partial charge < -0.3 is 5.11 Å². The number of rotatable bonds is 3. The van der Waals surface area contributed by atoms with Crippen LogP contribution in [0.5, 0.6) is 0 Å². The summed E-state index contributed by atoms with van der Waals surface area (Å²) in [5.74, 6) is 0. The molecule has 0 aliphatic heterocycles. The summed E-state index contributed by atoms with van der Waals surface area (Å²) in [6.45, 7) is 6.13. The lowest BCUT2D eigenvalue weighted by Gasteiger charge is -2.14. The van der Waals surface area contributed by atoms with Crippen molar-refractivity contribution in [3.63, 3.8) is 0 Å². The number of hydrogen-bond acceptors (Lipinski definition) is 2. The minimum atomic E-state index is -0.589. The second kappa shape index (κ2) is 4.94. The van der Waals surface area contributed by atoms with Gasteiger partial charge in [0.2, 0.25) is 0 Å². The lowest BCUT2D eigenvalue weighted by atomic mass is 9.96. The SMILES string of the molecule is CCc1nn(C)cc1C(O)c1cc(C)ccc1C. The molecule has 1 aromatic carbocycles. The molecule has 0 aliphatic rings. The highest BCUT2D eigenvalue weighted by Crippen LogP contribution is 2.27. The van der Waals surface area contributed by atoms with Gasteiger partial charge in [-0.3, -0.25) is 4.68 Å². The first kappa shape index (κ1) is 12.8. The lowest BCUT2D eigenvalue weighted by molar-refractivity contribution is 0.218. The van der Waals surface area contributed by atoms with Crippen LogP contribution in [0.4, 0.5) is 0 Å². The average Bonchev–Trinajstić information content (AvgIpc) is 2.72. The summed E-state index contributed by atoms with van der Waals surface area (Å²) in [6.07, 6.45) is 2.15. The molecule has 0 spiro atoms. The van der Waals surface area contributed by atoms with Gasteiger partial charge in [0.25, 0.3) is 0 Å². The summed E-state index contributed by atoms with van der Waals surface area (Å²) in [5.41, 5.74) is 5.12. The zero-order valence-corrected chi connectivity index (χ0v) is 11.4. The summed E-state index contributed by atoms with van der Waals surface area (Å²) in [6, 6.07) is 6.16. The molecule has 1 unspecified atom stereocenters. The van der Waals surface area contributed by atoms with Crippen LogP contribution < -0.4 is 0 Å². The van der Waals surface area contributed by atoms with Crippen molar-refractivity contribution in [1.29, 1.82) is 0 Å². The summed E-state index contributed by atoms with van der Waals surface area (Å²) >= 11 is 0. The molecule has 1 aromatic heterocycles. The molecule has 2 aromatic rings. The molecule has 18 heavy (non-hydrogen) atoms. The Labute approximate surface area is 108 Å². The van der Waals surface area contributed by atoms with E-state index in [0.717, 1.165) is 34.4 Å². The number of benzene rings is 1. The molecule has 0 amide bonds. The van der Waals surface area contributed by atoms with Gasteiger partial charge in [0.15, 0.2) is 0 Å². The lowest BCUT2D eigenvalue weighted by Crippen LogP contribution is -2.04. The Morgan fingerprint density at radius 1 is 1.28 bits per heavy atom. The van der Waals surface area contributed by atoms with Crippen LogP contribution in [0.3, 0.4) is 0 Å². The fraction of sp³-hybridized carbons (Fsp3) is 0.400. The minimum absolute atomic E-state index is 0.589. The van der Waals surface area contributed by atoms with E-state index in [1.54, 1.807) is 4.68 Å². The molecule has 0 saturated carbocycles. The van der Waals surface area contributed by atoms with Crippen molar-refractivity contribution in [1.82, 2.24) is 9.78 Å². The van der Waals surface area contributed by atoms with Crippen LogP contribution in [-0.2, 0) is 13.5 Å². The summed E-state index contributed by atoms with van der Waals surface area (Å²) in [5, 5.41) is 15.0. The predicted octanol–water partition coefficient (Wildman–Crippen LogP) is 2.68. The molecule has 0 fully saturated rings. The maximum absolute atomic E-state index is 10.6. The van der Waals surface area contributed by atoms with Crippen molar-refractivity contribution < 1.29 is 5.11 Å². The van der Waals surface area contributed by atoms with Gasteiger partial charge >= 0.3 is 0 Å². The third-order valence-electron chi connectivity index (χ3n) is 3.30. The number of nitrogens with zero attached hydrogens (tertiary/aromatic N) is 2. The first-order valence-corrected chi connectivity index (χ1v) is 6.30. The van der Waals surface area contributed by atoms with Crippen LogP contribution in [0.2, 0.25) is 0 Å². The smallest absolute Gasteiger partial charge is 0.108 e. The standard InChI is InChI=1S/C15H20N2O/c1-5-14-13(9-17(4)16-14)15(18)12-8-10(2)6-7-11(12)3/h6-9,15,18H,5H2,1-4H3. The number of aryl methyl sites for hydroxylation is 4. The van der Waals surface area contributed by atoms with Gasteiger partial charge in [-0.15, -0.1) is 0 Å². The molecule has 0 radical (unpaired) electrons. The third-order valence-corrected chi connectivity index (χ3v) is 3.30. The molecular weight excluding hydrogens is 224 g/mol. The van der Waals surface area contributed by atoms with Crippen LogP contribution in [0, 0.1) is 13.8 Å². The zero-order chi connectivity index (χ0) is 13.3. The van der Waals surface area contributed by atoms with Crippen molar-refractivity contribution in [3.8, 4) is 0 Å². The largest absolute Gasteiger partial charge is 0.384 e. The monoisotopic (exact) mass is 244 g/mol. The van der Waals surface area contributed by atoms with Crippen molar-refractivity contribution in [3.05, 3.63) is 52.3 Å². The normalized spacial score (nSPS) is 12.7. The Morgan fingerprint density at radius 3 is 2.67 bits per heavy atom. The summed E-state index contributed by atoms with van der Waals surface area (Å²) in [7, 11) is 1.89. The van der Waals surface area contributed by atoms with E-state index in [9.17, 15) is 5.11 Å². The van der Waals surface area contributed by atoms with E-state index in [-0.39, 0.29) is 0 Å². The number of aromatic nitrogens is 2. The van der Waals surface area contributed by atoms with Gasteiger partial charge in [0, 0.05) is 18.8 Å². The van der Waals surface area contributed by atoms with Crippen molar-refractivity contribution in [2.45, 2.75) is 33.3 Å². The first-order chi connectivity index (χ1) is 8.52. The van der Waals surface area contributed by atoms with E-state index < -0.39 is 6.10 Å². The van der Waals surface area contributed by atoms with Crippen molar-refractivity contribution >= 4 is 0 Å². The average molecular weight is 244 g/mol. The number of hydrogen-bond donors (Lipinski definition) is 1.